The molecule has 0 aromatic carbocycles. The van der Waals surface area contributed by atoms with E-state index in [9.17, 15) is 14.4 Å². The Kier molecular flexibility index (Phi) is 53.8. The van der Waals surface area contributed by atoms with Gasteiger partial charge in [-0.25, -0.2) is 0 Å². The largest absolute Gasteiger partial charge is 0.464 e. The SMILES string of the molecule is CCCCCCCCCCCCCCCCCC(=O)OCC(C)N(C(C)COC(=O)CCCCCCCCCCCCCCCCC)C(C)COC(=O)CCCCCCCCCCCCCCCCC. The molecule has 3 unspecified atom stereocenters. The van der Waals surface area contributed by atoms with Crippen LogP contribution in [0.15, 0.2) is 0 Å². The monoisotopic (exact) mass is 990 g/mol. The van der Waals surface area contributed by atoms with Gasteiger partial charge < -0.3 is 14.2 Å². The average molecular weight is 991 g/mol. The molecule has 0 bridgehead atoms. The first-order chi connectivity index (χ1) is 34.3. The number of unbranched alkanes of at least 4 members (excludes halogenated alkanes) is 42. The lowest BCUT2D eigenvalue weighted by atomic mass is 10.0. The third-order valence-corrected chi connectivity index (χ3v) is 14.9. The van der Waals surface area contributed by atoms with Crippen LogP contribution in [-0.2, 0) is 28.6 Å². The number of carbonyl (C=O) groups is 3. The van der Waals surface area contributed by atoms with Crippen molar-refractivity contribution in [3.8, 4) is 0 Å². The van der Waals surface area contributed by atoms with E-state index in [0.717, 1.165) is 38.5 Å². The van der Waals surface area contributed by atoms with Crippen molar-refractivity contribution in [2.75, 3.05) is 19.8 Å². The van der Waals surface area contributed by atoms with Crippen LogP contribution < -0.4 is 0 Å². The first kappa shape index (κ1) is 68.4. The Morgan fingerprint density at radius 1 is 0.257 bits per heavy atom. The van der Waals surface area contributed by atoms with Gasteiger partial charge in [-0.1, -0.05) is 290 Å². The Bertz CT molecular complexity index is 966. The van der Waals surface area contributed by atoms with Gasteiger partial charge >= 0.3 is 17.9 Å². The minimum Gasteiger partial charge on any atom is -0.464 e. The molecule has 0 aliphatic heterocycles. The lowest BCUT2D eigenvalue weighted by Gasteiger charge is -2.38. The maximum Gasteiger partial charge on any atom is 0.305 e. The van der Waals surface area contributed by atoms with E-state index in [0.29, 0.717) is 19.3 Å². The Balaban J connectivity index is 4.61. The first-order valence-corrected chi connectivity index (χ1v) is 31.5. The third kappa shape index (κ3) is 48.6. The zero-order chi connectivity index (χ0) is 51.2. The zero-order valence-corrected chi connectivity index (χ0v) is 48.2. The third-order valence-electron chi connectivity index (χ3n) is 14.9. The van der Waals surface area contributed by atoms with Gasteiger partial charge in [0, 0.05) is 37.4 Å². The Hall–Kier alpha value is -1.63. The highest BCUT2D eigenvalue weighted by molar-refractivity contribution is 5.70. The van der Waals surface area contributed by atoms with Gasteiger partial charge in [-0.15, -0.1) is 0 Å². The normalized spacial score (nSPS) is 12.9. The van der Waals surface area contributed by atoms with Gasteiger partial charge in [0.05, 0.1) is 0 Å². The second-order valence-electron chi connectivity index (χ2n) is 22.1. The van der Waals surface area contributed by atoms with Crippen LogP contribution in [0.4, 0.5) is 0 Å². The van der Waals surface area contributed by atoms with E-state index in [4.69, 9.17) is 14.2 Å². The van der Waals surface area contributed by atoms with Crippen molar-refractivity contribution in [2.24, 2.45) is 0 Å². The van der Waals surface area contributed by atoms with Gasteiger partial charge in [-0.2, -0.15) is 0 Å². The lowest BCUT2D eigenvalue weighted by Crippen LogP contribution is -2.51. The van der Waals surface area contributed by atoms with E-state index in [1.165, 1.54) is 250 Å². The van der Waals surface area contributed by atoms with Crippen LogP contribution in [0, 0.1) is 0 Å². The number of hydrogen-bond acceptors (Lipinski definition) is 7. The highest BCUT2D eigenvalue weighted by atomic mass is 16.5. The molecule has 0 saturated heterocycles. The first-order valence-electron chi connectivity index (χ1n) is 31.5. The molecule has 0 amide bonds. The van der Waals surface area contributed by atoms with Crippen LogP contribution in [-0.4, -0.2) is 60.8 Å². The van der Waals surface area contributed by atoms with Crippen LogP contribution in [0.25, 0.3) is 0 Å². The fourth-order valence-corrected chi connectivity index (χ4v) is 10.3. The molecule has 70 heavy (non-hydrogen) atoms. The molecule has 0 fully saturated rings. The highest BCUT2D eigenvalue weighted by Crippen LogP contribution is 2.19. The fraction of sp³-hybridized carbons (Fsp3) is 0.952. The number of carbonyl (C=O) groups excluding carboxylic acids is 3. The number of esters is 3. The van der Waals surface area contributed by atoms with E-state index in [1.807, 2.05) is 0 Å². The number of nitrogens with zero attached hydrogens (tertiary/aromatic N) is 1. The summed E-state index contributed by atoms with van der Waals surface area (Å²) in [6, 6.07) is -0.379. The number of rotatable bonds is 57. The summed E-state index contributed by atoms with van der Waals surface area (Å²) >= 11 is 0. The van der Waals surface area contributed by atoms with Gasteiger partial charge in [-0.3, -0.25) is 19.3 Å². The molecule has 3 atom stereocenters. The number of ether oxygens (including phenoxy) is 3. The van der Waals surface area contributed by atoms with Gasteiger partial charge in [0.2, 0.25) is 0 Å². The highest BCUT2D eigenvalue weighted by Gasteiger charge is 2.28. The van der Waals surface area contributed by atoms with Gasteiger partial charge in [0.1, 0.15) is 19.8 Å². The average Bonchev–Trinajstić information content (AvgIpc) is 3.35. The predicted molar refractivity (Wildman–Crippen MR) is 302 cm³/mol. The molecule has 0 radical (unpaired) electrons. The smallest absolute Gasteiger partial charge is 0.305 e. The molecular formula is C63H123NO6. The van der Waals surface area contributed by atoms with Gasteiger partial charge in [-0.05, 0) is 40.0 Å². The van der Waals surface area contributed by atoms with E-state index in [1.54, 1.807) is 0 Å². The van der Waals surface area contributed by atoms with Crippen molar-refractivity contribution in [3.63, 3.8) is 0 Å². The van der Waals surface area contributed by atoms with E-state index in [2.05, 4.69) is 46.4 Å². The molecule has 0 spiro atoms. The molecule has 0 saturated carbocycles. The summed E-state index contributed by atoms with van der Waals surface area (Å²) in [6.07, 6.45) is 59.7. The molecule has 0 aromatic heterocycles. The minimum absolute atomic E-state index is 0.126. The van der Waals surface area contributed by atoms with E-state index in [-0.39, 0.29) is 55.9 Å². The molecule has 7 nitrogen and oxygen atoms in total. The molecule has 0 rings (SSSR count). The van der Waals surface area contributed by atoms with Crippen molar-refractivity contribution in [3.05, 3.63) is 0 Å². The second kappa shape index (κ2) is 55.1. The Morgan fingerprint density at radius 2 is 0.400 bits per heavy atom. The van der Waals surface area contributed by atoms with Crippen molar-refractivity contribution in [1.29, 1.82) is 0 Å². The summed E-state index contributed by atoms with van der Waals surface area (Å²) < 4.78 is 17.5. The summed E-state index contributed by atoms with van der Waals surface area (Å²) in [7, 11) is 0. The molecule has 0 aromatic rings. The van der Waals surface area contributed by atoms with Crippen LogP contribution in [0.3, 0.4) is 0 Å². The van der Waals surface area contributed by atoms with Crippen LogP contribution in [0.5, 0.6) is 0 Å². The lowest BCUT2D eigenvalue weighted by molar-refractivity contribution is -0.149. The molecule has 7 heteroatoms. The summed E-state index contributed by atoms with van der Waals surface area (Å²) in [6.45, 7) is 13.8. The summed E-state index contributed by atoms with van der Waals surface area (Å²) in [4.78, 5) is 40.8. The maximum absolute atomic E-state index is 12.9. The van der Waals surface area contributed by atoms with Crippen molar-refractivity contribution >= 4 is 17.9 Å². The molecule has 416 valence electrons. The van der Waals surface area contributed by atoms with Crippen LogP contribution in [0.2, 0.25) is 0 Å². The van der Waals surface area contributed by atoms with Crippen molar-refractivity contribution < 1.29 is 28.6 Å². The van der Waals surface area contributed by atoms with Crippen molar-refractivity contribution in [2.45, 2.75) is 368 Å². The molecule has 0 heterocycles. The topological polar surface area (TPSA) is 82.1 Å². The quantitative estimate of drug-likeness (QED) is 0.0341. The fourth-order valence-electron chi connectivity index (χ4n) is 10.3. The summed E-state index contributed by atoms with van der Waals surface area (Å²) in [5.41, 5.74) is 0. The van der Waals surface area contributed by atoms with Crippen molar-refractivity contribution in [1.82, 2.24) is 4.90 Å². The molecule has 0 aliphatic rings. The standard InChI is InChI=1S/C63H123NO6/c1-7-10-13-16-19-22-25-28-31-34-37-40-43-46-49-52-61(65)68-55-58(4)64(59(5)56-69-62(66)53-50-47-44-41-38-35-32-29-26-23-20-17-14-11-8-2)60(6)57-70-63(67)54-51-48-45-42-39-36-33-30-27-24-21-18-15-12-9-3/h58-60H,7-57H2,1-6H3. The maximum atomic E-state index is 12.9. The summed E-state index contributed by atoms with van der Waals surface area (Å²) in [5.74, 6) is -0.440. The van der Waals surface area contributed by atoms with Crippen LogP contribution >= 0.6 is 0 Å². The predicted octanol–water partition coefficient (Wildman–Crippen LogP) is 19.9. The molecule has 0 aliphatic carbocycles. The molecular weight excluding hydrogens is 867 g/mol. The number of hydrogen-bond donors (Lipinski definition) is 0. The minimum atomic E-state index is -0.147. The zero-order valence-electron chi connectivity index (χ0n) is 48.2. The van der Waals surface area contributed by atoms with Crippen LogP contribution in [0.1, 0.15) is 350 Å². The molecule has 0 N–H and O–H groups in total. The Morgan fingerprint density at radius 3 is 0.557 bits per heavy atom. The Labute approximate surface area is 437 Å². The van der Waals surface area contributed by atoms with Gasteiger partial charge in [0.25, 0.3) is 0 Å². The van der Waals surface area contributed by atoms with E-state index < -0.39 is 0 Å². The summed E-state index contributed by atoms with van der Waals surface area (Å²) in [5, 5.41) is 0. The van der Waals surface area contributed by atoms with Gasteiger partial charge in [0.15, 0.2) is 0 Å². The second-order valence-corrected chi connectivity index (χ2v) is 22.1. The van der Waals surface area contributed by atoms with E-state index >= 15 is 0 Å².